The van der Waals surface area contributed by atoms with Crippen molar-refractivity contribution in [2.45, 2.75) is 50.7 Å². The van der Waals surface area contributed by atoms with Crippen molar-refractivity contribution >= 4 is 11.8 Å². The van der Waals surface area contributed by atoms with Crippen molar-refractivity contribution in [3.8, 4) is 0 Å². The molecule has 4 nitrogen and oxygen atoms in total. The van der Waals surface area contributed by atoms with E-state index in [9.17, 15) is 18.0 Å². The summed E-state index contributed by atoms with van der Waals surface area (Å²) < 4.78 is 31.7. The molecule has 1 saturated carbocycles. The molecule has 0 unspecified atom stereocenters. The highest BCUT2D eigenvalue weighted by molar-refractivity contribution is 5.86. The predicted molar refractivity (Wildman–Crippen MR) is 61.7 cm³/mol. The Bertz CT molecular complexity index is 301. The smallest absolute Gasteiger partial charge is 0.475 e. The summed E-state index contributed by atoms with van der Waals surface area (Å²) in [6.07, 6.45) is 2.01. The number of ketones is 1. The number of Topliss-reactive ketones (excluding diaryl/α,β-unsaturated/α-hetero) is 1. The van der Waals surface area contributed by atoms with Gasteiger partial charge in [-0.05, 0) is 32.2 Å². The van der Waals surface area contributed by atoms with Crippen molar-refractivity contribution in [2.75, 3.05) is 6.54 Å². The monoisotopic (exact) mass is 281 g/mol. The minimum Gasteiger partial charge on any atom is -0.475 e. The number of rotatable bonds is 2. The molecule has 0 spiro atoms. The minimum absolute atomic E-state index is 0.216. The van der Waals surface area contributed by atoms with Crippen molar-refractivity contribution in [1.29, 1.82) is 0 Å². The van der Waals surface area contributed by atoms with E-state index in [1.807, 2.05) is 0 Å². The van der Waals surface area contributed by atoms with E-state index in [1.165, 1.54) is 19.3 Å². The standard InChI is InChI=1S/C10H17NO.C2HF3O2/c12-10(8-4-1-2-5-8)9-6-3-7-11-9;3-2(4,5)1(6)7/h8-9,11H,1-7H2;(H,6,7)/t9-;/m0./s1. The molecule has 0 aromatic rings. The van der Waals surface area contributed by atoms with Crippen LogP contribution in [0.1, 0.15) is 38.5 Å². The van der Waals surface area contributed by atoms with Gasteiger partial charge in [0.25, 0.3) is 0 Å². The molecule has 2 fully saturated rings. The molecule has 0 aromatic heterocycles. The molecule has 1 heterocycles. The van der Waals surface area contributed by atoms with Gasteiger partial charge in [0.15, 0.2) is 5.78 Å². The molecule has 7 heteroatoms. The van der Waals surface area contributed by atoms with Crippen LogP contribution in [0.25, 0.3) is 0 Å². The van der Waals surface area contributed by atoms with Crippen molar-refractivity contribution in [1.82, 2.24) is 5.32 Å². The number of halogens is 3. The van der Waals surface area contributed by atoms with Crippen molar-refractivity contribution < 1.29 is 27.9 Å². The van der Waals surface area contributed by atoms with Crippen LogP contribution in [0.2, 0.25) is 0 Å². The van der Waals surface area contributed by atoms with Gasteiger partial charge in [0, 0.05) is 5.92 Å². The average molecular weight is 281 g/mol. The van der Waals surface area contributed by atoms with E-state index in [0.717, 1.165) is 25.8 Å². The van der Waals surface area contributed by atoms with Gasteiger partial charge in [0.1, 0.15) is 0 Å². The van der Waals surface area contributed by atoms with Crippen LogP contribution < -0.4 is 5.32 Å². The maximum atomic E-state index is 11.8. The highest BCUT2D eigenvalue weighted by Gasteiger charge is 2.38. The molecule has 0 amide bonds. The number of carboxylic acids is 1. The van der Waals surface area contributed by atoms with E-state index < -0.39 is 12.1 Å². The normalized spacial score (nSPS) is 23.8. The Hall–Kier alpha value is -1.11. The molecular formula is C12H18F3NO3. The number of carbonyl (C=O) groups excluding carboxylic acids is 1. The average Bonchev–Trinajstić information content (AvgIpc) is 3.01. The Kier molecular flexibility index (Phi) is 5.78. The van der Waals surface area contributed by atoms with Crippen LogP contribution in [0.4, 0.5) is 13.2 Å². The number of hydrogen-bond acceptors (Lipinski definition) is 3. The van der Waals surface area contributed by atoms with Gasteiger partial charge in [0.2, 0.25) is 0 Å². The summed E-state index contributed by atoms with van der Waals surface area (Å²) in [6, 6.07) is 0.216. The zero-order chi connectivity index (χ0) is 14.5. The lowest BCUT2D eigenvalue weighted by Gasteiger charge is -2.13. The van der Waals surface area contributed by atoms with Gasteiger partial charge in [-0.2, -0.15) is 13.2 Å². The van der Waals surface area contributed by atoms with E-state index in [0.29, 0.717) is 11.7 Å². The first kappa shape index (κ1) is 15.9. The Balaban J connectivity index is 0.000000224. The molecule has 110 valence electrons. The Morgan fingerprint density at radius 2 is 1.58 bits per heavy atom. The molecule has 2 N–H and O–H groups in total. The molecule has 1 aliphatic heterocycles. The molecule has 19 heavy (non-hydrogen) atoms. The zero-order valence-corrected chi connectivity index (χ0v) is 10.5. The number of aliphatic carboxylic acids is 1. The maximum Gasteiger partial charge on any atom is 0.490 e. The topological polar surface area (TPSA) is 66.4 Å². The number of alkyl halides is 3. The largest absolute Gasteiger partial charge is 0.490 e. The zero-order valence-electron chi connectivity index (χ0n) is 10.5. The van der Waals surface area contributed by atoms with Gasteiger partial charge in [0.05, 0.1) is 6.04 Å². The van der Waals surface area contributed by atoms with Gasteiger partial charge in [-0.25, -0.2) is 4.79 Å². The summed E-state index contributed by atoms with van der Waals surface area (Å²) >= 11 is 0. The van der Waals surface area contributed by atoms with E-state index in [-0.39, 0.29) is 6.04 Å². The van der Waals surface area contributed by atoms with Crippen LogP contribution in [0.3, 0.4) is 0 Å². The fourth-order valence-corrected chi connectivity index (χ4v) is 2.42. The maximum absolute atomic E-state index is 11.8. The molecule has 0 radical (unpaired) electrons. The molecule has 1 saturated heterocycles. The van der Waals surface area contributed by atoms with Gasteiger partial charge in [-0.1, -0.05) is 12.8 Å². The number of carbonyl (C=O) groups is 2. The molecule has 2 rings (SSSR count). The Morgan fingerprint density at radius 1 is 1.05 bits per heavy atom. The lowest BCUT2D eigenvalue weighted by atomic mass is 9.96. The second-order valence-corrected chi connectivity index (χ2v) is 4.84. The minimum atomic E-state index is -5.08. The molecular weight excluding hydrogens is 263 g/mol. The Morgan fingerprint density at radius 3 is 1.95 bits per heavy atom. The van der Waals surface area contributed by atoms with E-state index in [2.05, 4.69) is 5.32 Å². The van der Waals surface area contributed by atoms with Crippen LogP contribution in [-0.2, 0) is 9.59 Å². The second kappa shape index (κ2) is 6.88. The van der Waals surface area contributed by atoms with Gasteiger partial charge < -0.3 is 10.4 Å². The van der Waals surface area contributed by atoms with Crippen LogP contribution in [-0.4, -0.2) is 35.6 Å². The number of carboxylic acid groups (broad SMARTS) is 1. The SMILES string of the molecule is O=C(C1CCCC1)[C@@H]1CCCN1.O=C(O)C(F)(F)F. The highest BCUT2D eigenvalue weighted by atomic mass is 19.4. The second-order valence-electron chi connectivity index (χ2n) is 4.84. The fraction of sp³-hybridized carbons (Fsp3) is 0.833. The van der Waals surface area contributed by atoms with E-state index in [4.69, 9.17) is 9.90 Å². The van der Waals surface area contributed by atoms with Crippen LogP contribution >= 0.6 is 0 Å². The highest BCUT2D eigenvalue weighted by Crippen LogP contribution is 2.27. The van der Waals surface area contributed by atoms with Gasteiger partial charge in [-0.3, -0.25) is 4.79 Å². The van der Waals surface area contributed by atoms with E-state index >= 15 is 0 Å². The summed E-state index contributed by atoms with van der Waals surface area (Å²) in [7, 11) is 0. The van der Waals surface area contributed by atoms with Crippen molar-refractivity contribution in [3.63, 3.8) is 0 Å². The predicted octanol–water partition coefficient (Wildman–Crippen LogP) is 2.13. The first-order valence-corrected chi connectivity index (χ1v) is 6.39. The van der Waals surface area contributed by atoms with Crippen LogP contribution in [0.15, 0.2) is 0 Å². The van der Waals surface area contributed by atoms with Gasteiger partial charge >= 0.3 is 12.1 Å². The molecule has 1 aliphatic carbocycles. The summed E-state index contributed by atoms with van der Waals surface area (Å²) in [5.74, 6) is -1.85. The molecule has 0 aromatic carbocycles. The number of nitrogens with one attached hydrogen (secondary N) is 1. The fourth-order valence-electron chi connectivity index (χ4n) is 2.42. The summed E-state index contributed by atoms with van der Waals surface area (Å²) in [6.45, 7) is 1.04. The summed E-state index contributed by atoms with van der Waals surface area (Å²) in [5.41, 5.74) is 0. The summed E-state index contributed by atoms with van der Waals surface area (Å²) in [5, 5.41) is 10.4. The Labute approximate surface area is 109 Å². The lowest BCUT2D eigenvalue weighted by molar-refractivity contribution is -0.192. The number of hydrogen-bond donors (Lipinski definition) is 2. The quantitative estimate of drug-likeness (QED) is 0.813. The summed E-state index contributed by atoms with van der Waals surface area (Å²) in [4.78, 5) is 20.7. The van der Waals surface area contributed by atoms with Crippen LogP contribution in [0.5, 0.6) is 0 Å². The van der Waals surface area contributed by atoms with Crippen LogP contribution in [0, 0.1) is 5.92 Å². The first-order valence-electron chi connectivity index (χ1n) is 6.39. The van der Waals surface area contributed by atoms with Crippen molar-refractivity contribution in [3.05, 3.63) is 0 Å². The molecule has 0 bridgehead atoms. The lowest BCUT2D eigenvalue weighted by Crippen LogP contribution is -2.34. The van der Waals surface area contributed by atoms with Gasteiger partial charge in [-0.15, -0.1) is 0 Å². The van der Waals surface area contributed by atoms with Crippen molar-refractivity contribution in [2.24, 2.45) is 5.92 Å². The first-order chi connectivity index (χ1) is 8.82. The van der Waals surface area contributed by atoms with E-state index in [1.54, 1.807) is 0 Å². The third kappa shape index (κ3) is 5.18. The third-order valence-corrected chi connectivity index (χ3v) is 3.40. The molecule has 1 atom stereocenters. The third-order valence-electron chi connectivity index (χ3n) is 3.40. The molecule has 2 aliphatic rings.